The van der Waals surface area contributed by atoms with E-state index in [2.05, 4.69) is 15.5 Å². The minimum absolute atomic E-state index is 0. The van der Waals surface area contributed by atoms with Crippen molar-refractivity contribution in [1.82, 2.24) is 15.5 Å². The van der Waals surface area contributed by atoms with Gasteiger partial charge in [0.25, 0.3) is 0 Å². The van der Waals surface area contributed by atoms with Crippen LogP contribution in [0.4, 0.5) is 0 Å². The molecule has 1 aliphatic heterocycles. The highest BCUT2D eigenvalue weighted by atomic mass is 35.5. The maximum absolute atomic E-state index is 4.01. The van der Waals surface area contributed by atoms with Crippen LogP contribution in [0.3, 0.4) is 0 Å². The lowest BCUT2D eigenvalue weighted by Crippen LogP contribution is -2.40. The first-order valence-corrected chi connectivity index (χ1v) is 3.45. The lowest BCUT2D eigenvalue weighted by Gasteiger charge is -2.25. The van der Waals surface area contributed by atoms with Crippen molar-refractivity contribution < 1.29 is 0 Å². The van der Waals surface area contributed by atoms with Gasteiger partial charge in [0.05, 0.1) is 5.69 Å². The summed E-state index contributed by atoms with van der Waals surface area (Å²) in [5.74, 6) is 0.605. The van der Waals surface area contributed by atoms with Gasteiger partial charge in [0.1, 0.15) is 0 Å². The van der Waals surface area contributed by atoms with E-state index in [1.165, 1.54) is 0 Å². The van der Waals surface area contributed by atoms with Gasteiger partial charge < -0.3 is 5.32 Å². The summed E-state index contributed by atoms with van der Waals surface area (Å²) in [6.45, 7) is 2.11. The largest absolute Gasteiger partial charge is 0.315 e. The topological polar surface area (TPSA) is 37.8 Å². The third-order valence-electron chi connectivity index (χ3n) is 1.79. The van der Waals surface area contributed by atoms with Gasteiger partial charge in [0.15, 0.2) is 0 Å². The minimum Gasteiger partial charge on any atom is -0.315 e. The summed E-state index contributed by atoms with van der Waals surface area (Å²) in [5.41, 5.74) is 1.11. The molecule has 0 unspecified atom stereocenters. The van der Waals surface area contributed by atoms with Crippen LogP contribution in [0.25, 0.3) is 0 Å². The third kappa shape index (κ3) is 1.67. The second-order valence-electron chi connectivity index (χ2n) is 2.50. The molecule has 3 nitrogen and oxygen atoms in total. The predicted molar refractivity (Wildman–Crippen MR) is 44.9 cm³/mol. The van der Waals surface area contributed by atoms with Crippen LogP contribution in [0.5, 0.6) is 0 Å². The highest BCUT2D eigenvalue weighted by molar-refractivity contribution is 5.85. The summed E-state index contributed by atoms with van der Waals surface area (Å²) in [6, 6.07) is 3.96. The van der Waals surface area contributed by atoms with Gasteiger partial charge in [0, 0.05) is 25.2 Å². The lowest BCUT2D eigenvalue weighted by atomic mass is 9.99. The van der Waals surface area contributed by atoms with Crippen molar-refractivity contribution in [2.24, 2.45) is 0 Å². The van der Waals surface area contributed by atoms with E-state index in [-0.39, 0.29) is 12.4 Å². The molecule has 0 atom stereocenters. The fraction of sp³-hybridized carbons (Fsp3) is 0.429. The van der Waals surface area contributed by atoms with E-state index in [4.69, 9.17) is 0 Å². The fourth-order valence-electron chi connectivity index (χ4n) is 1.03. The SMILES string of the molecule is Cl.c1cnnc(C2CNC2)c1. The average Bonchev–Trinajstić information content (AvgIpc) is 1.86. The van der Waals surface area contributed by atoms with Gasteiger partial charge in [-0.2, -0.15) is 10.2 Å². The molecule has 0 radical (unpaired) electrons. The summed E-state index contributed by atoms with van der Waals surface area (Å²) < 4.78 is 0. The molecule has 4 heteroatoms. The molecular formula is C7H10ClN3. The molecular weight excluding hydrogens is 162 g/mol. The van der Waals surface area contributed by atoms with E-state index in [1.807, 2.05) is 12.1 Å². The van der Waals surface area contributed by atoms with Crippen LogP contribution >= 0.6 is 12.4 Å². The summed E-state index contributed by atoms with van der Waals surface area (Å²) in [4.78, 5) is 0. The van der Waals surface area contributed by atoms with E-state index in [0.29, 0.717) is 5.92 Å². The minimum atomic E-state index is 0. The van der Waals surface area contributed by atoms with Crippen LogP contribution in [0.15, 0.2) is 18.3 Å². The number of hydrogen-bond donors (Lipinski definition) is 1. The van der Waals surface area contributed by atoms with Gasteiger partial charge >= 0.3 is 0 Å². The molecule has 1 aromatic heterocycles. The Labute approximate surface area is 71.6 Å². The molecule has 60 valence electrons. The van der Waals surface area contributed by atoms with Gasteiger partial charge in [-0.3, -0.25) is 0 Å². The normalized spacial score (nSPS) is 16.7. The van der Waals surface area contributed by atoms with E-state index in [9.17, 15) is 0 Å². The molecule has 0 amide bonds. The molecule has 0 saturated carbocycles. The second kappa shape index (κ2) is 3.64. The summed E-state index contributed by atoms with van der Waals surface area (Å²) >= 11 is 0. The first kappa shape index (κ1) is 8.43. The Hall–Kier alpha value is -0.670. The standard InChI is InChI=1S/C7H9N3.ClH/c1-2-7(10-9-3-1)6-4-8-5-6;/h1-3,6,8H,4-5H2;1H. The Bertz CT molecular complexity index is 210. The highest BCUT2D eigenvalue weighted by Gasteiger charge is 2.19. The predicted octanol–water partition coefficient (Wildman–Crippen LogP) is 0.585. The first-order chi connectivity index (χ1) is 4.97. The Balaban J connectivity index is 0.000000605. The van der Waals surface area contributed by atoms with E-state index >= 15 is 0 Å². The lowest BCUT2D eigenvalue weighted by molar-refractivity contribution is 0.436. The number of aromatic nitrogens is 2. The monoisotopic (exact) mass is 171 g/mol. The van der Waals surface area contributed by atoms with Crippen LogP contribution < -0.4 is 5.32 Å². The molecule has 0 aromatic carbocycles. The molecule has 0 spiro atoms. The highest BCUT2D eigenvalue weighted by Crippen LogP contribution is 2.15. The molecule has 1 aliphatic rings. The van der Waals surface area contributed by atoms with Crippen LogP contribution in [-0.4, -0.2) is 23.3 Å². The van der Waals surface area contributed by atoms with Gasteiger partial charge in [-0.05, 0) is 12.1 Å². The van der Waals surface area contributed by atoms with Crippen molar-refractivity contribution in [2.75, 3.05) is 13.1 Å². The number of hydrogen-bond acceptors (Lipinski definition) is 3. The fourth-order valence-corrected chi connectivity index (χ4v) is 1.03. The van der Waals surface area contributed by atoms with Crippen molar-refractivity contribution >= 4 is 12.4 Å². The molecule has 0 aliphatic carbocycles. The second-order valence-corrected chi connectivity index (χ2v) is 2.50. The molecule has 0 bridgehead atoms. The molecule has 2 rings (SSSR count). The number of nitrogens with one attached hydrogen (secondary N) is 1. The summed E-state index contributed by atoms with van der Waals surface area (Å²) in [7, 11) is 0. The number of nitrogens with zero attached hydrogens (tertiary/aromatic N) is 2. The maximum Gasteiger partial charge on any atom is 0.0687 e. The average molecular weight is 172 g/mol. The van der Waals surface area contributed by atoms with Crippen LogP contribution in [-0.2, 0) is 0 Å². The van der Waals surface area contributed by atoms with Crippen LogP contribution in [0.2, 0.25) is 0 Å². The molecule has 1 fully saturated rings. The summed E-state index contributed by atoms with van der Waals surface area (Å²) in [6.07, 6.45) is 1.70. The van der Waals surface area contributed by atoms with Crippen molar-refractivity contribution in [2.45, 2.75) is 5.92 Å². The van der Waals surface area contributed by atoms with E-state index in [0.717, 1.165) is 18.8 Å². The zero-order valence-electron chi connectivity index (χ0n) is 6.03. The third-order valence-corrected chi connectivity index (χ3v) is 1.79. The number of halogens is 1. The zero-order chi connectivity index (χ0) is 6.81. The quantitative estimate of drug-likeness (QED) is 0.672. The van der Waals surface area contributed by atoms with Crippen LogP contribution in [0, 0.1) is 0 Å². The molecule has 2 heterocycles. The zero-order valence-corrected chi connectivity index (χ0v) is 6.84. The Morgan fingerprint density at radius 2 is 2.27 bits per heavy atom. The van der Waals surface area contributed by atoms with Gasteiger partial charge in [-0.25, -0.2) is 0 Å². The van der Waals surface area contributed by atoms with Crippen molar-refractivity contribution in [3.63, 3.8) is 0 Å². The van der Waals surface area contributed by atoms with Crippen molar-refractivity contribution in [3.05, 3.63) is 24.0 Å². The van der Waals surface area contributed by atoms with E-state index < -0.39 is 0 Å². The Kier molecular flexibility index (Phi) is 2.79. The van der Waals surface area contributed by atoms with E-state index in [1.54, 1.807) is 6.20 Å². The molecule has 1 saturated heterocycles. The van der Waals surface area contributed by atoms with Gasteiger partial charge in [-0.15, -0.1) is 12.4 Å². The molecule has 1 N–H and O–H groups in total. The first-order valence-electron chi connectivity index (χ1n) is 3.45. The van der Waals surface area contributed by atoms with Crippen molar-refractivity contribution in [3.8, 4) is 0 Å². The summed E-state index contributed by atoms with van der Waals surface area (Å²) in [5, 5.41) is 11.0. The van der Waals surface area contributed by atoms with Crippen LogP contribution in [0.1, 0.15) is 11.6 Å². The molecule has 1 aromatic rings. The van der Waals surface area contributed by atoms with Gasteiger partial charge in [0.2, 0.25) is 0 Å². The molecule has 11 heavy (non-hydrogen) atoms. The Morgan fingerprint density at radius 3 is 2.73 bits per heavy atom. The Morgan fingerprint density at radius 1 is 1.45 bits per heavy atom. The number of rotatable bonds is 1. The maximum atomic E-state index is 4.01. The smallest absolute Gasteiger partial charge is 0.0687 e. The van der Waals surface area contributed by atoms with Crippen molar-refractivity contribution in [1.29, 1.82) is 0 Å². The van der Waals surface area contributed by atoms with Gasteiger partial charge in [-0.1, -0.05) is 0 Å².